The molecule has 0 aromatic heterocycles. The van der Waals surface area contributed by atoms with Gasteiger partial charge in [0.1, 0.15) is 6.04 Å². The van der Waals surface area contributed by atoms with Crippen LogP contribution in [0.15, 0.2) is 65.6 Å². The molecular weight excluding hydrogens is 352 g/mol. The van der Waals surface area contributed by atoms with Crippen LogP contribution in [0.4, 0.5) is 5.69 Å². The molecule has 0 amide bonds. The van der Waals surface area contributed by atoms with Crippen LogP contribution in [0.3, 0.4) is 0 Å². The highest BCUT2D eigenvalue weighted by Crippen LogP contribution is 2.10. The zero-order valence-electron chi connectivity index (χ0n) is 13.0. The second-order valence-electron chi connectivity index (χ2n) is 4.76. The summed E-state index contributed by atoms with van der Waals surface area (Å²) in [5.41, 5.74) is 0.778. The zero-order valence-corrected chi connectivity index (χ0v) is 14.6. The number of ether oxygens (including phenoxy) is 1. The van der Waals surface area contributed by atoms with Crippen molar-refractivity contribution >= 4 is 34.1 Å². The summed E-state index contributed by atoms with van der Waals surface area (Å²) in [5, 5.41) is 3.01. The number of halogens is 1. The van der Waals surface area contributed by atoms with Crippen molar-refractivity contribution in [3.05, 3.63) is 60.7 Å². The Balaban J connectivity index is 0.00000288. The van der Waals surface area contributed by atoms with Crippen molar-refractivity contribution in [1.82, 2.24) is 4.72 Å². The van der Waals surface area contributed by atoms with Gasteiger partial charge in [-0.15, -0.1) is 12.4 Å². The summed E-state index contributed by atoms with van der Waals surface area (Å²) < 4.78 is 31.7. The Bertz CT molecular complexity index is 739. The number of carbonyl (C=O) groups excluding carboxylic acids is 1. The molecule has 6 nitrogen and oxygen atoms in total. The van der Waals surface area contributed by atoms with Crippen molar-refractivity contribution in [1.29, 1.82) is 0 Å². The fraction of sp³-hybridized carbons (Fsp3) is 0.188. The van der Waals surface area contributed by atoms with Crippen molar-refractivity contribution in [2.45, 2.75) is 10.9 Å². The third kappa shape index (κ3) is 5.52. The van der Waals surface area contributed by atoms with Gasteiger partial charge in [0.05, 0.1) is 12.0 Å². The maximum absolute atomic E-state index is 12.3. The molecule has 130 valence electrons. The Morgan fingerprint density at radius 1 is 1.04 bits per heavy atom. The van der Waals surface area contributed by atoms with Crippen molar-refractivity contribution < 1.29 is 17.9 Å². The largest absolute Gasteiger partial charge is 0.468 e. The minimum atomic E-state index is -3.81. The Hall–Kier alpha value is -2.09. The average molecular weight is 371 g/mol. The summed E-state index contributed by atoms with van der Waals surface area (Å²) in [4.78, 5) is 11.9. The third-order valence-corrected chi connectivity index (χ3v) is 4.61. The van der Waals surface area contributed by atoms with E-state index in [1.807, 2.05) is 30.3 Å². The molecule has 0 spiro atoms. The van der Waals surface area contributed by atoms with E-state index in [1.165, 1.54) is 19.2 Å². The molecule has 0 radical (unpaired) electrons. The Labute approximate surface area is 147 Å². The fourth-order valence-corrected chi connectivity index (χ4v) is 3.15. The molecule has 0 unspecified atom stereocenters. The molecule has 0 aliphatic rings. The molecule has 2 aromatic carbocycles. The van der Waals surface area contributed by atoms with E-state index in [4.69, 9.17) is 0 Å². The van der Waals surface area contributed by atoms with Crippen LogP contribution in [0, 0.1) is 0 Å². The van der Waals surface area contributed by atoms with Crippen molar-refractivity contribution in [3.63, 3.8) is 0 Å². The van der Waals surface area contributed by atoms with Gasteiger partial charge < -0.3 is 10.1 Å². The van der Waals surface area contributed by atoms with Crippen LogP contribution in [0.1, 0.15) is 0 Å². The Morgan fingerprint density at radius 3 is 2.12 bits per heavy atom. The predicted molar refractivity (Wildman–Crippen MR) is 94.7 cm³/mol. The molecule has 2 N–H and O–H groups in total. The highest BCUT2D eigenvalue weighted by Gasteiger charge is 2.26. The van der Waals surface area contributed by atoms with E-state index in [9.17, 15) is 13.2 Å². The van der Waals surface area contributed by atoms with Gasteiger partial charge in [-0.1, -0.05) is 36.4 Å². The van der Waals surface area contributed by atoms with Gasteiger partial charge >= 0.3 is 5.97 Å². The predicted octanol–water partition coefficient (Wildman–Crippen LogP) is 2.04. The normalized spacial score (nSPS) is 11.9. The number of carbonyl (C=O) groups is 1. The molecule has 24 heavy (non-hydrogen) atoms. The van der Waals surface area contributed by atoms with Crippen LogP contribution in [-0.4, -0.2) is 34.1 Å². The lowest BCUT2D eigenvalue weighted by Crippen LogP contribution is -2.45. The quantitative estimate of drug-likeness (QED) is 0.728. The Kier molecular flexibility index (Phi) is 7.70. The molecular formula is C16H19ClN2O4S. The van der Waals surface area contributed by atoms with E-state index in [0.29, 0.717) is 0 Å². The number of rotatable bonds is 7. The van der Waals surface area contributed by atoms with Crippen LogP contribution in [-0.2, 0) is 19.6 Å². The van der Waals surface area contributed by atoms with Crippen LogP contribution in [0.25, 0.3) is 0 Å². The number of methoxy groups -OCH3 is 1. The third-order valence-electron chi connectivity index (χ3n) is 3.12. The van der Waals surface area contributed by atoms with E-state index >= 15 is 0 Å². The second kappa shape index (κ2) is 9.27. The average Bonchev–Trinajstić information content (AvgIpc) is 2.59. The second-order valence-corrected chi connectivity index (χ2v) is 6.47. The summed E-state index contributed by atoms with van der Waals surface area (Å²) in [7, 11) is -2.59. The topological polar surface area (TPSA) is 84.5 Å². The summed E-state index contributed by atoms with van der Waals surface area (Å²) in [6, 6.07) is 16.0. The first-order valence-corrected chi connectivity index (χ1v) is 8.45. The first-order valence-electron chi connectivity index (χ1n) is 6.97. The number of hydrogen-bond acceptors (Lipinski definition) is 5. The minimum absolute atomic E-state index is 0. The van der Waals surface area contributed by atoms with Crippen LogP contribution >= 0.6 is 12.4 Å². The van der Waals surface area contributed by atoms with Crippen molar-refractivity contribution in [2.24, 2.45) is 0 Å². The highest BCUT2D eigenvalue weighted by atomic mass is 35.5. The molecule has 0 saturated heterocycles. The molecule has 8 heteroatoms. The van der Waals surface area contributed by atoms with Crippen LogP contribution in [0.2, 0.25) is 0 Å². The molecule has 0 heterocycles. The van der Waals surface area contributed by atoms with Gasteiger partial charge in [-0.25, -0.2) is 8.42 Å². The molecule has 1 atom stereocenters. The molecule has 0 fully saturated rings. The van der Waals surface area contributed by atoms with Gasteiger partial charge in [0.15, 0.2) is 0 Å². The van der Waals surface area contributed by atoms with E-state index in [0.717, 1.165) is 5.69 Å². The van der Waals surface area contributed by atoms with Gasteiger partial charge in [0.25, 0.3) is 0 Å². The number of sulfonamides is 1. The molecule has 2 aromatic rings. The molecule has 0 aliphatic heterocycles. The summed E-state index contributed by atoms with van der Waals surface area (Å²) in [5.74, 6) is -0.659. The Morgan fingerprint density at radius 2 is 1.58 bits per heavy atom. The van der Waals surface area contributed by atoms with E-state index in [-0.39, 0.29) is 23.8 Å². The van der Waals surface area contributed by atoms with E-state index in [2.05, 4.69) is 14.8 Å². The summed E-state index contributed by atoms with van der Waals surface area (Å²) in [6.45, 7) is 0.0722. The number of esters is 1. The summed E-state index contributed by atoms with van der Waals surface area (Å²) >= 11 is 0. The summed E-state index contributed by atoms with van der Waals surface area (Å²) in [6.07, 6.45) is 0. The SMILES string of the molecule is COC(=O)[C@H](CNc1ccccc1)NS(=O)(=O)c1ccccc1.Cl. The molecule has 0 aliphatic carbocycles. The number of benzene rings is 2. The maximum Gasteiger partial charge on any atom is 0.325 e. The number of para-hydroxylation sites is 1. The number of hydrogen-bond donors (Lipinski definition) is 2. The van der Waals surface area contributed by atoms with Gasteiger partial charge in [-0.2, -0.15) is 4.72 Å². The van der Waals surface area contributed by atoms with Gasteiger partial charge in [-0.3, -0.25) is 4.79 Å². The van der Waals surface area contributed by atoms with Crippen molar-refractivity contribution in [2.75, 3.05) is 19.0 Å². The molecule has 2 rings (SSSR count). The van der Waals surface area contributed by atoms with Crippen LogP contribution < -0.4 is 10.0 Å². The smallest absolute Gasteiger partial charge is 0.325 e. The fourth-order valence-electron chi connectivity index (χ4n) is 1.95. The highest BCUT2D eigenvalue weighted by molar-refractivity contribution is 7.89. The molecule has 0 bridgehead atoms. The van der Waals surface area contributed by atoms with Gasteiger partial charge in [0.2, 0.25) is 10.0 Å². The number of nitrogens with one attached hydrogen (secondary N) is 2. The maximum atomic E-state index is 12.3. The zero-order chi connectivity index (χ0) is 16.7. The minimum Gasteiger partial charge on any atom is -0.468 e. The van der Waals surface area contributed by atoms with Crippen LogP contribution in [0.5, 0.6) is 0 Å². The lowest BCUT2D eigenvalue weighted by atomic mass is 10.3. The van der Waals surface area contributed by atoms with E-state index in [1.54, 1.807) is 18.2 Å². The monoisotopic (exact) mass is 370 g/mol. The lowest BCUT2D eigenvalue weighted by molar-refractivity contribution is -0.142. The van der Waals surface area contributed by atoms with Gasteiger partial charge in [0, 0.05) is 12.2 Å². The van der Waals surface area contributed by atoms with Crippen molar-refractivity contribution in [3.8, 4) is 0 Å². The molecule has 0 saturated carbocycles. The standard InChI is InChI=1S/C16H18N2O4S.ClH/c1-22-16(19)15(12-17-13-8-4-2-5-9-13)18-23(20,21)14-10-6-3-7-11-14;/h2-11,15,17-18H,12H2,1H3;1H/t15-;/m0./s1. The van der Waals surface area contributed by atoms with E-state index < -0.39 is 22.0 Å². The number of anilines is 1. The lowest BCUT2D eigenvalue weighted by Gasteiger charge is -2.18. The first kappa shape index (κ1) is 20.0. The first-order chi connectivity index (χ1) is 11.0. The van der Waals surface area contributed by atoms with Gasteiger partial charge in [-0.05, 0) is 24.3 Å².